The third kappa shape index (κ3) is 6.06. The van der Waals surface area contributed by atoms with Crippen molar-refractivity contribution in [2.45, 2.75) is 6.42 Å². The zero-order valence-electron chi connectivity index (χ0n) is 16.9. The number of methoxy groups -OCH3 is 2. The number of hydrogen-bond donors (Lipinski definition) is 1. The first-order valence-corrected chi connectivity index (χ1v) is 10.0. The number of nitrogens with one attached hydrogen (secondary N) is 1. The summed E-state index contributed by atoms with van der Waals surface area (Å²) in [5.41, 5.74) is 1.53. The minimum absolute atomic E-state index is 0.390. The van der Waals surface area contributed by atoms with E-state index in [0.717, 1.165) is 50.6 Å². The molecule has 29 heavy (non-hydrogen) atoms. The lowest BCUT2D eigenvalue weighted by Gasteiger charge is -2.26. The van der Waals surface area contributed by atoms with Gasteiger partial charge in [0.1, 0.15) is 17.3 Å². The second-order valence-electron chi connectivity index (χ2n) is 6.57. The van der Waals surface area contributed by atoms with E-state index in [2.05, 4.69) is 15.2 Å². The van der Waals surface area contributed by atoms with Gasteiger partial charge >= 0.3 is 0 Å². The third-order valence-corrected chi connectivity index (χ3v) is 4.98. The summed E-state index contributed by atoms with van der Waals surface area (Å²) >= 11 is 6.24. The Morgan fingerprint density at radius 1 is 1.24 bits per heavy atom. The lowest BCUT2D eigenvalue weighted by atomic mass is 10.1. The van der Waals surface area contributed by atoms with Gasteiger partial charge in [-0.05, 0) is 30.7 Å². The highest BCUT2D eigenvalue weighted by molar-refractivity contribution is 6.32. The summed E-state index contributed by atoms with van der Waals surface area (Å²) in [5, 5.41) is 3.71. The first-order valence-electron chi connectivity index (χ1n) is 9.65. The number of benzene rings is 1. The molecule has 8 heteroatoms. The van der Waals surface area contributed by atoms with Crippen molar-refractivity contribution in [2.75, 3.05) is 58.9 Å². The van der Waals surface area contributed by atoms with Gasteiger partial charge < -0.3 is 19.5 Å². The number of nitrogens with zero attached hydrogens (tertiary/aromatic N) is 3. The zero-order chi connectivity index (χ0) is 20.5. The molecule has 1 fully saturated rings. The van der Waals surface area contributed by atoms with Gasteiger partial charge in [0.05, 0.1) is 38.7 Å². The third-order valence-electron chi connectivity index (χ3n) is 4.68. The number of rotatable bonds is 8. The molecule has 7 nitrogen and oxygen atoms in total. The number of morpholine rings is 1. The van der Waals surface area contributed by atoms with Crippen molar-refractivity contribution in [1.82, 2.24) is 9.88 Å². The maximum absolute atomic E-state index is 6.24. The molecule has 0 bridgehead atoms. The Labute approximate surface area is 176 Å². The molecule has 1 aliphatic rings. The van der Waals surface area contributed by atoms with E-state index in [9.17, 15) is 0 Å². The first-order chi connectivity index (χ1) is 14.2. The van der Waals surface area contributed by atoms with Crippen LogP contribution in [0.15, 0.2) is 41.5 Å². The summed E-state index contributed by atoms with van der Waals surface area (Å²) in [7, 11) is 3.26. The van der Waals surface area contributed by atoms with Gasteiger partial charge in [0, 0.05) is 38.4 Å². The lowest BCUT2D eigenvalue weighted by Crippen LogP contribution is -2.37. The lowest BCUT2D eigenvalue weighted by molar-refractivity contribution is 0.0377. The fourth-order valence-corrected chi connectivity index (χ4v) is 3.27. The van der Waals surface area contributed by atoms with Crippen LogP contribution < -0.4 is 14.8 Å². The Kier molecular flexibility index (Phi) is 8.10. The molecule has 156 valence electrons. The Bertz CT molecular complexity index is 825. The van der Waals surface area contributed by atoms with Crippen LogP contribution in [0.4, 0.5) is 5.69 Å². The Morgan fingerprint density at radius 2 is 2.07 bits per heavy atom. The van der Waals surface area contributed by atoms with Crippen LogP contribution >= 0.6 is 11.6 Å². The fourth-order valence-electron chi connectivity index (χ4n) is 3.10. The molecule has 2 heterocycles. The zero-order valence-corrected chi connectivity index (χ0v) is 17.6. The van der Waals surface area contributed by atoms with E-state index in [-0.39, 0.29) is 0 Å². The summed E-state index contributed by atoms with van der Waals surface area (Å²) in [6.07, 6.45) is 2.60. The summed E-state index contributed by atoms with van der Waals surface area (Å²) in [4.78, 5) is 11.4. The van der Waals surface area contributed by atoms with Crippen molar-refractivity contribution in [2.24, 2.45) is 4.99 Å². The molecule has 3 rings (SSSR count). The second kappa shape index (κ2) is 11.0. The van der Waals surface area contributed by atoms with Crippen molar-refractivity contribution in [3.63, 3.8) is 0 Å². The monoisotopic (exact) mass is 418 g/mol. The summed E-state index contributed by atoms with van der Waals surface area (Å²) in [6.45, 7) is 5.23. The molecule has 0 radical (unpaired) electrons. The van der Waals surface area contributed by atoms with Crippen molar-refractivity contribution in [1.29, 1.82) is 0 Å². The number of amidine groups is 1. The van der Waals surface area contributed by atoms with Crippen molar-refractivity contribution in [3.05, 3.63) is 47.2 Å². The van der Waals surface area contributed by atoms with Gasteiger partial charge in [-0.3, -0.25) is 9.89 Å². The summed E-state index contributed by atoms with van der Waals surface area (Å²) < 4.78 is 16.3. The molecular weight excluding hydrogens is 392 g/mol. The molecule has 2 aromatic rings. The Hall–Kier alpha value is -2.35. The van der Waals surface area contributed by atoms with Crippen LogP contribution in [-0.4, -0.2) is 69.3 Å². The normalized spacial score (nSPS) is 15.2. The highest BCUT2D eigenvalue weighted by Crippen LogP contribution is 2.27. The number of hydrogen-bond acceptors (Lipinski definition) is 6. The molecule has 1 N–H and O–H groups in total. The molecular formula is C21H27ClN4O3. The Morgan fingerprint density at radius 3 is 2.79 bits per heavy atom. The highest BCUT2D eigenvalue weighted by Gasteiger charge is 2.14. The maximum Gasteiger partial charge on any atom is 0.152 e. The van der Waals surface area contributed by atoms with E-state index in [4.69, 9.17) is 30.8 Å². The van der Waals surface area contributed by atoms with E-state index in [0.29, 0.717) is 29.0 Å². The van der Waals surface area contributed by atoms with Gasteiger partial charge in [-0.25, -0.2) is 4.98 Å². The number of ether oxygens (including phenoxy) is 3. The number of pyridine rings is 1. The fraction of sp³-hybridized carbons (Fsp3) is 0.429. The van der Waals surface area contributed by atoms with Gasteiger partial charge in [-0.15, -0.1) is 0 Å². The summed E-state index contributed by atoms with van der Waals surface area (Å²) in [6, 6.07) is 9.35. The number of halogens is 1. The molecule has 0 aliphatic carbocycles. The number of aliphatic imine (C=N–C) groups is 1. The van der Waals surface area contributed by atoms with E-state index in [1.54, 1.807) is 20.4 Å². The smallest absolute Gasteiger partial charge is 0.152 e. The molecule has 0 atom stereocenters. The van der Waals surface area contributed by atoms with Crippen LogP contribution in [0, 0.1) is 0 Å². The standard InChI is InChI=1S/C21H27ClN4O3/c1-27-16-6-7-17(19(15-16)28-2)21(25-18-5-3-8-23-20(18)22)24-9-4-10-26-11-13-29-14-12-26/h3,5-8,15H,4,9-14H2,1-2H3,(H,24,25). The van der Waals surface area contributed by atoms with Crippen LogP contribution in [0.1, 0.15) is 12.0 Å². The molecule has 1 aromatic heterocycles. The van der Waals surface area contributed by atoms with Crippen molar-refractivity contribution < 1.29 is 14.2 Å². The van der Waals surface area contributed by atoms with Gasteiger partial charge in [0.15, 0.2) is 5.15 Å². The largest absolute Gasteiger partial charge is 0.497 e. The highest BCUT2D eigenvalue weighted by atomic mass is 35.5. The van der Waals surface area contributed by atoms with E-state index in [1.807, 2.05) is 30.3 Å². The first kappa shape index (κ1) is 21.4. The minimum atomic E-state index is 0.390. The van der Waals surface area contributed by atoms with Crippen LogP contribution in [0.5, 0.6) is 11.5 Å². The average molecular weight is 419 g/mol. The topological polar surface area (TPSA) is 68.2 Å². The number of anilines is 1. The predicted molar refractivity (Wildman–Crippen MR) is 116 cm³/mol. The van der Waals surface area contributed by atoms with Gasteiger partial charge in [-0.1, -0.05) is 11.6 Å². The van der Waals surface area contributed by atoms with Gasteiger partial charge in [-0.2, -0.15) is 0 Å². The average Bonchev–Trinajstić information content (AvgIpc) is 2.77. The molecule has 1 saturated heterocycles. The molecule has 0 unspecified atom stereocenters. The van der Waals surface area contributed by atoms with Crippen LogP contribution in [-0.2, 0) is 4.74 Å². The molecule has 1 aromatic carbocycles. The van der Waals surface area contributed by atoms with Crippen LogP contribution in [0.2, 0.25) is 5.15 Å². The Balaban J connectivity index is 1.78. The number of aromatic nitrogens is 1. The SMILES string of the molecule is COc1ccc(C(=NCCCN2CCOCC2)Nc2cccnc2Cl)c(OC)c1. The molecule has 1 aliphatic heterocycles. The van der Waals surface area contributed by atoms with Crippen LogP contribution in [0.25, 0.3) is 0 Å². The summed E-state index contributed by atoms with van der Waals surface area (Å²) in [5.74, 6) is 2.07. The maximum atomic E-state index is 6.24. The minimum Gasteiger partial charge on any atom is -0.497 e. The molecule has 0 spiro atoms. The quantitative estimate of drug-likeness (QED) is 0.307. The second-order valence-corrected chi connectivity index (χ2v) is 6.93. The van der Waals surface area contributed by atoms with Gasteiger partial charge in [0.2, 0.25) is 0 Å². The van der Waals surface area contributed by atoms with E-state index in [1.165, 1.54) is 0 Å². The van der Waals surface area contributed by atoms with Crippen molar-refractivity contribution in [3.8, 4) is 11.5 Å². The molecule has 0 amide bonds. The predicted octanol–water partition coefficient (Wildman–Crippen LogP) is 3.33. The molecule has 0 saturated carbocycles. The van der Waals surface area contributed by atoms with Crippen molar-refractivity contribution >= 4 is 23.1 Å². The van der Waals surface area contributed by atoms with E-state index < -0.39 is 0 Å². The van der Waals surface area contributed by atoms with Crippen LogP contribution in [0.3, 0.4) is 0 Å². The van der Waals surface area contributed by atoms with E-state index >= 15 is 0 Å². The van der Waals surface area contributed by atoms with Gasteiger partial charge in [0.25, 0.3) is 0 Å².